The topological polar surface area (TPSA) is 6.48 Å². The van der Waals surface area contributed by atoms with Gasteiger partial charge in [0.05, 0.1) is 0 Å². The van der Waals surface area contributed by atoms with Crippen molar-refractivity contribution in [3.63, 3.8) is 0 Å². The highest BCUT2D eigenvalue weighted by molar-refractivity contribution is 9.08. The summed E-state index contributed by atoms with van der Waals surface area (Å²) >= 11 is 3.39. The number of nitrogens with zero attached hydrogens (tertiary/aromatic N) is 2. The molecule has 0 N–H and O–H groups in total. The van der Waals surface area contributed by atoms with Crippen molar-refractivity contribution in [2.45, 2.75) is 31.6 Å². The second-order valence-electron chi connectivity index (χ2n) is 6.02. The Bertz CT molecular complexity index is 434. The SMILES string of the molecule is CC(C)(C)N1CCN(c2cccc(F)c2CBr)CC1. The van der Waals surface area contributed by atoms with Crippen molar-refractivity contribution >= 4 is 21.6 Å². The first kappa shape index (κ1) is 14.8. The molecule has 0 amide bonds. The third-order valence-corrected chi connectivity index (χ3v) is 4.36. The summed E-state index contributed by atoms with van der Waals surface area (Å²) in [4.78, 5) is 4.78. The lowest BCUT2D eigenvalue weighted by Crippen LogP contribution is -2.53. The van der Waals surface area contributed by atoms with Gasteiger partial charge in [-0.15, -0.1) is 0 Å². The van der Waals surface area contributed by atoms with Crippen molar-refractivity contribution in [2.24, 2.45) is 0 Å². The average molecular weight is 329 g/mol. The molecule has 0 unspecified atom stereocenters. The summed E-state index contributed by atoms with van der Waals surface area (Å²) < 4.78 is 13.8. The molecule has 4 heteroatoms. The van der Waals surface area contributed by atoms with E-state index < -0.39 is 0 Å². The first-order valence-electron chi connectivity index (χ1n) is 6.77. The van der Waals surface area contributed by atoms with Gasteiger partial charge in [0.2, 0.25) is 0 Å². The molecule has 0 atom stereocenters. The zero-order chi connectivity index (χ0) is 14.0. The Kier molecular flexibility index (Phi) is 4.51. The summed E-state index contributed by atoms with van der Waals surface area (Å²) in [5, 5.41) is 0.564. The van der Waals surface area contributed by atoms with Gasteiger partial charge >= 0.3 is 0 Å². The summed E-state index contributed by atoms with van der Waals surface area (Å²) in [5.41, 5.74) is 2.02. The molecule has 2 rings (SSSR count). The fraction of sp³-hybridized carbons (Fsp3) is 0.600. The monoisotopic (exact) mass is 328 g/mol. The number of halogens is 2. The summed E-state index contributed by atoms with van der Waals surface area (Å²) in [5.74, 6) is -0.118. The number of piperazine rings is 1. The van der Waals surface area contributed by atoms with Gasteiger partial charge in [0.25, 0.3) is 0 Å². The minimum Gasteiger partial charge on any atom is -0.369 e. The Morgan fingerprint density at radius 1 is 1.16 bits per heavy atom. The third kappa shape index (κ3) is 3.29. The molecule has 19 heavy (non-hydrogen) atoms. The minimum atomic E-state index is -0.118. The highest BCUT2D eigenvalue weighted by Crippen LogP contribution is 2.27. The van der Waals surface area contributed by atoms with Crippen molar-refractivity contribution in [3.05, 3.63) is 29.6 Å². The molecule has 1 fully saturated rings. The molecule has 1 aromatic rings. The summed E-state index contributed by atoms with van der Waals surface area (Å²) in [7, 11) is 0. The highest BCUT2D eigenvalue weighted by atomic mass is 79.9. The zero-order valence-corrected chi connectivity index (χ0v) is 13.5. The maximum absolute atomic E-state index is 13.8. The Labute approximate surface area is 123 Å². The Balaban J connectivity index is 2.12. The van der Waals surface area contributed by atoms with E-state index in [1.54, 1.807) is 6.07 Å². The lowest BCUT2D eigenvalue weighted by molar-refractivity contribution is 0.128. The first-order valence-corrected chi connectivity index (χ1v) is 7.89. The van der Waals surface area contributed by atoms with Gasteiger partial charge in [-0.05, 0) is 32.9 Å². The van der Waals surface area contributed by atoms with Crippen LogP contribution in [0.3, 0.4) is 0 Å². The number of anilines is 1. The van der Waals surface area contributed by atoms with Crippen molar-refractivity contribution in [2.75, 3.05) is 31.1 Å². The molecule has 106 valence electrons. The van der Waals surface area contributed by atoms with E-state index in [0.717, 1.165) is 37.4 Å². The molecule has 1 heterocycles. The highest BCUT2D eigenvalue weighted by Gasteiger charge is 2.26. The van der Waals surface area contributed by atoms with Gasteiger partial charge < -0.3 is 4.90 Å². The maximum Gasteiger partial charge on any atom is 0.129 e. The van der Waals surface area contributed by atoms with Crippen LogP contribution in [0.25, 0.3) is 0 Å². The lowest BCUT2D eigenvalue weighted by atomic mass is 10.0. The molecule has 1 aromatic carbocycles. The van der Waals surface area contributed by atoms with Crippen molar-refractivity contribution in [1.82, 2.24) is 4.90 Å². The molecule has 2 nitrogen and oxygen atoms in total. The Morgan fingerprint density at radius 3 is 2.32 bits per heavy atom. The largest absolute Gasteiger partial charge is 0.369 e. The number of alkyl halides is 1. The fourth-order valence-corrected chi connectivity index (χ4v) is 3.15. The molecule has 0 radical (unpaired) electrons. The zero-order valence-electron chi connectivity index (χ0n) is 11.9. The van der Waals surface area contributed by atoms with Gasteiger partial charge in [-0.25, -0.2) is 4.39 Å². The molecular weight excluding hydrogens is 307 g/mol. The van der Waals surface area contributed by atoms with Gasteiger partial charge in [0.1, 0.15) is 5.82 Å². The van der Waals surface area contributed by atoms with E-state index in [-0.39, 0.29) is 11.4 Å². The molecule has 0 bridgehead atoms. The van der Waals surface area contributed by atoms with Gasteiger partial charge in [-0.1, -0.05) is 22.0 Å². The number of benzene rings is 1. The van der Waals surface area contributed by atoms with E-state index in [1.807, 2.05) is 6.07 Å². The summed E-state index contributed by atoms with van der Waals surface area (Å²) in [6.07, 6.45) is 0. The quantitative estimate of drug-likeness (QED) is 0.765. The number of rotatable bonds is 2. The summed E-state index contributed by atoms with van der Waals surface area (Å²) in [6, 6.07) is 5.35. The van der Waals surface area contributed by atoms with E-state index in [1.165, 1.54) is 6.07 Å². The van der Waals surface area contributed by atoms with Crippen LogP contribution in [0.1, 0.15) is 26.3 Å². The number of hydrogen-bond acceptors (Lipinski definition) is 2. The van der Waals surface area contributed by atoms with Crippen molar-refractivity contribution in [3.8, 4) is 0 Å². The minimum absolute atomic E-state index is 0.118. The predicted octanol–water partition coefficient (Wildman–Crippen LogP) is 3.64. The fourth-order valence-electron chi connectivity index (χ4n) is 2.59. The van der Waals surface area contributed by atoms with Gasteiger partial charge in [0.15, 0.2) is 0 Å². The van der Waals surface area contributed by atoms with Crippen molar-refractivity contribution < 1.29 is 4.39 Å². The lowest BCUT2D eigenvalue weighted by Gasteiger charge is -2.43. The van der Waals surface area contributed by atoms with Gasteiger partial charge in [0, 0.05) is 48.3 Å². The van der Waals surface area contributed by atoms with E-state index in [4.69, 9.17) is 0 Å². The molecule has 0 saturated carbocycles. The van der Waals surface area contributed by atoms with Crippen LogP contribution in [0.15, 0.2) is 18.2 Å². The van der Waals surface area contributed by atoms with E-state index >= 15 is 0 Å². The number of hydrogen-bond donors (Lipinski definition) is 0. The third-order valence-electron chi connectivity index (χ3n) is 3.80. The smallest absolute Gasteiger partial charge is 0.129 e. The Morgan fingerprint density at radius 2 is 1.79 bits per heavy atom. The van der Waals surface area contributed by atoms with Crippen LogP contribution >= 0.6 is 15.9 Å². The van der Waals surface area contributed by atoms with E-state index in [0.29, 0.717) is 5.33 Å². The van der Waals surface area contributed by atoms with Crippen molar-refractivity contribution in [1.29, 1.82) is 0 Å². The molecular formula is C15H22BrFN2. The molecule has 0 aromatic heterocycles. The van der Waals surface area contributed by atoms with Gasteiger partial charge in [-0.3, -0.25) is 4.90 Å². The van der Waals surface area contributed by atoms with E-state index in [2.05, 4.69) is 46.5 Å². The van der Waals surface area contributed by atoms with Crippen LogP contribution in [0.4, 0.5) is 10.1 Å². The van der Waals surface area contributed by atoms with Crippen LogP contribution in [-0.2, 0) is 5.33 Å². The molecule has 1 aliphatic rings. The average Bonchev–Trinajstić information content (AvgIpc) is 2.37. The normalized spacial score (nSPS) is 17.8. The van der Waals surface area contributed by atoms with Crippen LogP contribution in [-0.4, -0.2) is 36.6 Å². The standard InChI is InChI=1S/C15H22BrFN2/c1-15(2,3)19-9-7-18(8-10-19)14-6-4-5-13(17)12(14)11-16/h4-6H,7-11H2,1-3H3. The molecule has 0 aliphatic carbocycles. The van der Waals surface area contributed by atoms with Crippen LogP contribution < -0.4 is 4.90 Å². The van der Waals surface area contributed by atoms with E-state index in [9.17, 15) is 4.39 Å². The summed E-state index contributed by atoms with van der Waals surface area (Å²) in [6.45, 7) is 10.7. The van der Waals surface area contributed by atoms with Crippen LogP contribution in [0, 0.1) is 5.82 Å². The maximum atomic E-state index is 13.8. The molecule has 0 spiro atoms. The molecule has 1 aliphatic heterocycles. The second-order valence-corrected chi connectivity index (χ2v) is 6.58. The Hall–Kier alpha value is -0.610. The van der Waals surface area contributed by atoms with Gasteiger partial charge in [-0.2, -0.15) is 0 Å². The van der Waals surface area contributed by atoms with Crippen LogP contribution in [0.2, 0.25) is 0 Å². The van der Waals surface area contributed by atoms with Crippen LogP contribution in [0.5, 0.6) is 0 Å². The first-order chi connectivity index (χ1) is 8.93. The predicted molar refractivity (Wildman–Crippen MR) is 82.6 cm³/mol. The second kappa shape index (κ2) is 5.80. The molecule has 1 saturated heterocycles.